The van der Waals surface area contributed by atoms with Crippen LogP contribution in [0.15, 0.2) is 48.5 Å². The molecule has 0 aliphatic carbocycles. The lowest BCUT2D eigenvalue weighted by Gasteiger charge is -2.22. The van der Waals surface area contributed by atoms with E-state index in [0.717, 1.165) is 5.56 Å². The molecule has 0 saturated carbocycles. The Hall–Kier alpha value is -2.33. The summed E-state index contributed by atoms with van der Waals surface area (Å²) in [5, 5.41) is 3.29. The zero-order valence-electron chi connectivity index (χ0n) is 12.5. The van der Waals surface area contributed by atoms with Gasteiger partial charge in [0.15, 0.2) is 0 Å². The molecule has 0 aromatic heterocycles. The first-order valence-corrected chi connectivity index (χ1v) is 7.24. The molecule has 5 heteroatoms. The van der Waals surface area contributed by atoms with Gasteiger partial charge in [-0.05, 0) is 36.8 Å². The number of para-hydroxylation sites is 1. The number of aryl methyl sites for hydroxylation is 1. The second-order valence-electron chi connectivity index (χ2n) is 4.95. The van der Waals surface area contributed by atoms with Crippen LogP contribution in [-0.4, -0.2) is 18.4 Å². The molecule has 0 heterocycles. The number of halogens is 1. The normalized spacial score (nSPS) is 10.1. The molecule has 0 fully saturated rings. The fourth-order valence-electron chi connectivity index (χ4n) is 2.11. The first-order chi connectivity index (χ1) is 10.5. The summed E-state index contributed by atoms with van der Waals surface area (Å²) in [4.78, 5) is 25.5. The lowest BCUT2D eigenvalue weighted by Crippen LogP contribution is -2.37. The maximum absolute atomic E-state index is 12.2. The molecule has 2 amide bonds. The molecule has 0 atom stereocenters. The topological polar surface area (TPSA) is 49.4 Å². The maximum Gasteiger partial charge on any atom is 0.244 e. The van der Waals surface area contributed by atoms with Crippen LogP contribution in [-0.2, 0) is 9.59 Å². The average Bonchev–Trinajstić information content (AvgIpc) is 2.48. The SMILES string of the molecule is CC(=O)N(CC(=O)Nc1ccccc1)c1cc(Cl)ccc1C. The summed E-state index contributed by atoms with van der Waals surface area (Å²) in [6.07, 6.45) is 0. The van der Waals surface area contributed by atoms with E-state index in [0.29, 0.717) is 16.4 Å². The van der Waals surface area contributed by atoms with Gasteiger partial charge in [-0.2, -0.15) is 0 Å². The van der Waals surface area contributed by atoms with Crippen molar-refractivity contribution >= 4 is 34.8 Å². The third-order valence-electron chi connectivity index (χ3n) is 3.20. The molecule has 114 valence electrons. The number of nitrogens with one attached hydrogen (secondary N) is 1. The van der Waals surface area contributed by atoms with Gasteiger partial charge in [0, 0.05) is 23.3 Å². The zero-order valence-corrected chi connectivity index (χ0v) is 13.2. The molecule has 0 aliphatic heterocycles. The molecule has 0 radical (unpaired) electrons. The third-order valence-corrected chi connectivity index (χ3v) is 3.44. The van der Waals surface area contributed by atoms with Gasteiger partial charge in [-0.3, -0.25) is 9.59 Å². The highest BCUT2D eigenvalue weighted by atomic mass is 35.5. The summed E-state index contributed by atoms with van der Waals surface area (Å²) in [7, 11) is 0. The summed E-state index contributed by atoms with van der Waals surface area (Å²) in [5.41, 5.74) is 2.22. The molecule has 22 heavy (non-hydrogen) atoms. The molecule has 0 bridgehead atoms. The highest BCUT2D eigenvalue weighted by Gasteiger charge is 2.18. The summed E-state index contributed by atoms with van der Waals surface area (Å²) in [6, 6.07) is 14.4. The molecule has 2 rings (SSSR count). The fourth-order valence-corrected chi connectivity index (χ4v) is 2.27. The Morgan fingerprint density at radius 2 is 1.82 bits per heavy atom. The molecule has 0 unspecified atom stereocenters. The van der Waals surface area contributed by atoms with Gasteiger partial charge in [0.1, 0.15) is 6.54 Å². The van der Waals surface area contributed by atoms with E-state index in [1.165, 1.54) is 11.8 Å². The predicted molar refractivity (Wildman–Crippen MR) is 89.3 cm³/mol. The van der Waals surface area contributed by atoms with Gasteiger partial charge in [-0.15, -0.1) is 0 Å². The van der Waals surface area contributed by atoms with E-state index in [9.17, 15) is 9.59 Å². The van der Waals surface area contributed by atoms with Gasteiger partial charge in [-0.1, -0.05) is 35.9 Å². The summed E-state index contributed by atoms with van der Waals surface area (Å²) >= 11 is 5.99. The molecular formula is C17H17ClN2O2. The number of benzene rings is 2. The van der Waals surface area contributed by atoms with Crippen molar-refractivity contribution in [1.29, 1.82) is 0 Å². The Morgan fingerprint density at radius 3 is 2.45 bits per heavy atom. The summed E-state index contributed by atoms with van der Waals surface area (Å²) < 4.78 is 0. The smallest absolute Gasteiger partial charge is 0.244 e. The number of carbonyl (C=O) groups excluding carboxylic acids is 2. The van der Waals surface area contributed by atoms with E-state index < -0.39 is 0 Å². The molecule has 4 nitrogen and oxygen atoms in total. The lowest BCUT2D eigenvalue weighted by molar-refractivity contribution is -0.120. The Morgan fingerprint density at radius 1 is 1.14 bits per heavy atom. The number of nitrogens with zero attached hydrogens (tertiary/aromatic N) is 1. The van der Waals surface area contributed by atoms with Crippen molar-refractivity contribution in [3.63, 3.8) is 0 Å². The number of rotatable bonds is 4. The first-order valence-electron chi connectivity index (χ1n) is 6.86. The molecule has 1 N–H and O–H groups in total. The van der Waals surface area contributed by atoms with Crippen LogP contribution in [0.3, 0.4) is 0 Å². The Labute approximate surface area is 134 Å². The quantitative estimate of drug-likeness (QED) is 0.936. The van der Waals surface area contributed by atoms with Crippen LogP contribution in [0.25, 0.3) is 0 Å². The van der Waals surface area contributed by atoms with E-state index >= 15 is 0 Å². The van der Waals surface area contributed by atoms with Crippen molar-refractivity contribution in [1.82, 2.24) is 0 Å². The van der Waals surface area contributed by atoms with Crippen molar-refractivity contribution in [2.45, 2.75) is 13.8 Å². The largest absolute Gasteiger partial charge is 0.325 e. The van der Waals surface area contributed by atoms with Gasteiger partial charge in [0.05, 0.1) is 0 Å². The average molecular weight is 317 g/mol. The van der Waals surface area contributed by atoms with E-state index in [1.54, 1.807) is 24.3 Å². The molecule has 2 aromatic carbocycles. The number of carbonyl (C=O) groups is 2. The Bertz CT molecular complexity index is 686. The number of hydrogen-bond donors (Lipinski definition) is 1. The number of amides is 2. The highest BCUT2D eigenvalue weighted by molar-refractivity contribution is 6.31. The van der Waals surface area contributed by atoms with Crippen LogP contribution < -0.4 is 10.2 Å². The number of anilines is 2. The van der Waals surface area contributed by atoms with Crippen LogP contribution in [0.4, 0.5) is 11.4 Å². The van der Waals surface area contributed by atoms with Gasteiger partial charge in [0.25, 0.3) is 0 Å². The van der Waals surface area contributed by atoms with E-state index in [2.05, 4.69) is 5.32 Å². The van der Waals surface area contributed by atoms with Crippen molar-refractivity contribution in [3.8, 4) is 0 Å². The molecule has 2 aromatic rings. The first kappa shape index (κ1) is 16.0. The zero-order chi connectivity index (χ0) is 16.1. The van der Waals surface area contributed by atoms with Crippen molar-refractivity contribution in [3.05, 3.63) is 59.1 Å². The van der Waals surface area contributed by atoms with Gasteiger partial charge < -0.3 is 10.2 Å². The van der Waals surface area contributed by atoms with Crippen molar-refractivity contribution < 1.29 is 9.59 Å². The molecular weight excluding hydrogens is 300 g/mol. The van der Waals surface area contributed by atoms with Crippen molar-refractivity contribution in [2.24, 2.45) is 0 Å². The standard InChI is InChI=1S/C17H17ClN2O2/c1-12-8-9-14(18)10-16(12)20(13(2)21)11-17(22)19-15-6-4-3-5-7-15/h3-10H,11H2,1-2H3,(H,19,22). The third kappa shape index (κ3) is 4.09. The highest BCUT2D eigenvalue weighted by Crippen LogP contribution is 2.24. The van der Waals surface area contributed by atoms with Crippen LogP contribution >= 0.6 is 11.6 Å². The molecule has 0 spiro atoms. The van der Waals surface area contributed by atoms with Gasteiger partial charge in [0.2, 0.25) is 11.8 Å². The van der Waals surface area contributed by atoms with Crippen LogP contribution in [0.1, 0.15) is 12.5 Å². The second kappa shape index (κ2) is 7.09. The van der Waals surface area contributed by atoms with Crippen LogP contribution in [0.2, 0.25) is 5.02 Å². The maximum atomic E-state index is 12.2. The van der Waals surface area contributed by atoms with Crippen LogP contribution in [0, 0.1) is 6.92 Å². The second-order valence-corrected chi connectivity index (χ2v) is 5.39. The molecule has 0 saturated heterocycles. The van der Waals surface area contributed by atoms with E-state index in [-0.39, 0.29) is 18.4 Å². The van der Waals surface area contributed by atoms with Crippen molar-refractivity contribution in [2.75, 3.05) is 16.8 Å². The van der Waals surface area contributed by atoms with Gasteiger partial charge >= 0.3 is 0 Å². The van der Waals surface area contributed by atoms with E-state index in [4.69, 9.17) is 11.6 Å². The number of hydrogen-bond acceptors (Lipinski definition) is 2. The Balaban J connectivity index is 2.17. The predicted octanol–water partition coefficient (Wildman–Crippen LogP) is 3.64. The summed E-state index contributed by atoms with van der Waals surface area (Å²) in [6.45, 7) is 3.23. The van der Waals surface area contributed by atoms with Gasteiger partial charge in [-0.25, -0.2) is 0 Å². The summed E-state index contributed by atoms with van der Waals surface area (Å²) in [5.74, 6) is -0.477. The minimum Gasteiger partial charge on any atom is -0.325 e. The lowest BCUT2D eigenvalue weighted by atomic mass is 10.1. The minimum atomic E-state index is -0.263. The minimum absolute atomic E-state index is 0.0641. The van der Waals surface area contributed by atoms with E-state index in [1.807, 2.05) is 31.2 Å². The molecule has 0 aliphatic rings. The Kier molecular flexibility index (Phi) is 5.17. The fraction of sp³-hybridized carbons (Fsp3) is 0.176. The van der Waals surface area contributed by atoms with Crippen LogP contribution in [0.5, 0.6) is 0 Å². The monoisotopic (exact) mass is 316 g/mol.